The zero-order chi connectivity index (χ0) is 27.7. The van der Waals surface area contributed by atoms with Crippen molar-refractivity contribution in [3.63, 3.8) is 0 Å². The molecule has 2 aromatic carbocycles. The number of thiophene rings is 1. The number of rotatable bonds is 12. The summed E-state index contributed by atoms with van der Waals surface area (Å²) in [6, 6.07) is 13.0. The van der Waals surface area contributed by atoms with E-state index in [0.29, 0.717) is 36.7 Å². The average Bonchev–Trinajstić information content (AvgIpc) is 3.32. The van der Waals surface area contributed by atoms with Crippen molar-refractivity contribution < 1.29 is 23.5 Å². The van der Waals surface area contributed by atoms with Gasteiger partial charge in [0.15, 0.2) is 11.5 Å². The fraction of sp³-hybridized carbons (Fsp3) is 0.286. The van der Waals surface area contributed by atoms with Crippen LogP contribution in [-0.2, 0) is 17.8 Å². The molecule has 0 saturated heterocycles. The normalized spacial score (nSPS) is 10.6. The Morgan fingerprint density at radius 2 is 1.84 bits per heavy atom. The fourth-order valence-electron chi connectivity index (χ4n) is 3.77. The van der Waals surface area contributed by atoms with Gasteiger partial charge in [0.1, 0.15) is 12.4 Å². The number of nitrogens with zero attached hydrogens (tertiary/aromatic N) is 2. The van der Waals surface area contributed by atoms with Crippen LogP contribution in [0.15, 0.2) is 61.2 Å². The molecule has 3 aromatic rings. The van der Waals surface area contributed by atoms with E-state index in [9.17, 15) is 14.0 Å². The van der Waals surface area contributed by atoms with Crippen LogP contribution in [0, 0.1) is 12.7 Å². The van der Waals surface area contributed by atoms with Crippen LogP contribution in [-0.4, -0.2) is 55.6 Å². The lowest BCUT2D eigenvalue weighted by molar-refractivity contribution is -0.132. The smallest absolute Gasteiger partial charge is 0.322 e. The van der Waals surface area contributed by atoms with Crippen molar-refractivity contribution in [1.29, 1.82) is 0 Å². The summed E-state index contributed by atoms with van der Waals surface area (Å²) in [4.78, 5) is 31.7. The van der Waals surface area contributed by atoms with Gasteiger partial charge in [-0.3, -0.25) is 4.79 Å². The highest BCUT2D eigenvalue weighted by atomic mass is 35.5. The Bertz CT molecular complexity index is 1280. The molecule has 202 valence electrons. The van der Waals surface area contributed by atoms with Gasteiger partial charge in [0, 0.05) is 28.5 Å². The first kappa shape index (κ1) is 29.0. The highest BCUT2D eigenvalue weighted by molar-refractivity contribution is 7.11. The first-order valence-electron chi connectivity index (χ1n) is 11.9. The molecule has 0 aliphatic carbocycles. The van der Waals surface area contributed by atoms with Crippen LogP contribution in [0.5, 0.6) is 11.5 Å². The van der Waals surface area contributed by atoms with Crippen LogP contribution in [0.2, 0.25) is 5.02 Å². The average molecular weight is 560 g/mol. The number of halogens is 2. The standard InChI is InChI=1S/C28H31ClFN3O4S/c1-5-13-33(28(35)31-21-8-10-24(30)23(29)16-21)18-27(34)32(17-22-9-6-19(2)38-22)14-12-20-7-11-25(36-3)26(15-20)37-4/h5-11,15-16H,1,12-14,17-18H2,2-4H3,(H,31,35). The molecule has 0 aliphatic heterocycles. The molecule has 0 fully saturated rings. The molecule has 38 heavy (non-hydrogen) atoms. The number of methoxy groups -OCH3 is 2. The van der Waals surface area contributed by atoms with Crippen LogP contribution in [0.25, 0.3) is 0 Å². The molecule has 10 heteroatoms. The van der Waals surface area contributed by atoms with Gasteiger partial charge in [-0.15, -0.1) is 17.9 Å². The Morgan fingerprint density at radius 1 is 1.08 bits per heavy atom. The number of carbonyl (C=O) groups excluding carboxylic acids is 2. The molecule has 3 rings (SSSR count). The van der Waals surface area contributed by atoms with E-state index in [2.05, 4.69) is 11.9 Å². The summed E-state index contributed by atoms with van der Waals surface area (Å²) in [6.45, 7) is 6.56. The SMILES string of the molecule is C=CCN(CC(=O)N(CCc1ccc(OC)c(OC)c1)Cc1ccc(C)s1)C(=O)Nc1ccc(F)c(Cl)c1. The van der Waals surface area contributed by atoms with Crippen molar-refractivity contribution in [2.75, 3.05) is 39.2 Å². The maximum Gasteiger partial charge on any atom is 0.322 e. The Kier molecular flexibility index (Phi) is 10.6. The van der Waals surface area contributed by atoms with Gasteiger partial charge < -0.3 is 24.6 Å². The second-order valence-corrected chi connectivity index (χ2v) is 10.3. The summed E-state index contributed by atoms with van der Waals surface area (Å²) in [5.41, 5.74) is 1.30. The van der Waals surface area contributed by atoms with Crippen molar-refractivity contribution in [2.45, 2.75) is 19.9 Å². The summed E-state index contributed by atoms with van der Waals surface area (Å²) in [5.74, 6) is 0.445. The molecule has 1 heterocycles. The van der Waals surface area contributed by atoms with E-state index < -0.39 is 11.8 Å². The van der Waals surface area contributed by atoms with Crippen LogP contribution in [0.1, 0.15) is 15.3 Å². The quantitative estimate of drug-likeness (QED) is 0.270. The Balaban J connectivity index is 1.75. The molecular formula is C28H31ClFN3O4S. The van der Waals surface area contributed by atoms with E-state index in [-0.39, 0.29) is 24.0 Å². The molecule has 0 unspecified atom stereocenters. The summed E-state index contributed by atoms with van der Waals surface area (Å²) >= 11 is 7.46. The minimum Gasteiger partial charge on any atom is -0.493 e. The van der Waals surface area contributed by atoms with Gasteiger partial charge in [-0.25, -0.2) is 9.18 Å². The van der Waals surface area contributed by atoms with E-state index in [1.807, 2.05) is 37.3 Å². The van der Waals surface area contributed by atoms with Gasteiger partial charge in [0.2, 0.25) is 5.91 Å². The van der Waals surface area contributed by atoms with Crippen molar-refractivity contribution in [3.05, 3.63) is 87.3 Å². The lowest BCUT2D eigenvalue weighted by Crippen LogP contribution is -2.44. The van der Waals surface area contributed by atoms with E-state index in [1.165, 1.54) is 23.1 Å². The number of urea groups is 1. The number of carbonyl (C=O) groups is 2. The third kappa shape index (κ3) is 7.97. The molecular weight excluding hydrogens is 529 g/mol. The van der Waals surface area contributed by atoms with Crippen molar-refractivity contribution in [2.24, 2.45) is 0 Å². The molecule has 0 radical (unpaired) electrons. The van der Waals surface area contributed by atoms with Crippen LogP contribution in [0.4, 0.5) is 14.9 Å². The summed E-state index contributed by atoms with van der Waals surface area (Å²) in [5, 5.41) is 2.56. The Labute approximate surface area is 231 Å². The number of aryl methyl sites for hydroxylation is 1. The number of amides is 3. The highest BCUT2D eigenvalue weighted by Crippen LogP contribution is 2.28. The minimum atomic E-state index is -0.586. The molecule has 0 spiro atoms. The van der Waals surface area contributed by atoms with Gasteiger partial charge in [-0.05, 0) is 61.4 Å². The minimum absolute atomic E-state index is 0.110. The molecule has 0 atom stereocenters. The molecule has 1 N–H and O–H groups in total. The molecule has 3 amide bonds. The predicted molar refractivity (Wildman–Crippen MR) is 150 cm³/mol. The van der Waals surface area contributed by atoms with E-state index in [0.717, 1.165) is 15.3 Å². The lowest BCUT2D eigenvalue weighted by atomic mass is 10.1. The maximum atomic E-state index is 13.5. The van der Waals surface area contributed by atoms with Crippen LogP contribution in [0.3, 0.4) is 0 Å². The monoisotopic (exact) mass is 559 g/mol. The Hall–Kier alpha value is -3.56. The van der Waals surface area contributed by atoms with Crippen LogP contribution < -0.4 is 14.8 Å². The van der Waals surface area contributed by atoms with Gasteiger partial charge in [0.25, 0.3) is 0 Å². The van der Waals surface area contributed by atoms with Gasteiger partial charge >= 0.3 is 6.03 Å². The van der Waals surface area contributed by atoms with Crippen molar-refractivity contribution in [3.8, 4) is 11.5 Å². The molecule has 0 saturated carbocycles. The zero-order valence-corrected chi connectivity index (χ0v) is 23.2. The highest BCUT2D eigenvalue weighted by Gasteiger charge is 2.22. The first-order valence-corrected chi connectivity index (χ1v) is 13.1. The number of anilines is 1. The summed E-state index contributed by atoms with van der Waals surface area (Å²) < 4.78 is 24.2. The second kappa shape index (κ2) is 13.8. The van der Waals surface area contributed by atoms with Gasteiger partial charge in [-0.2, -0.15) is 0 Å². The molecule has 0 aliphatic rings. The lowest BCUT2D eigenvalue weighted by Gasteiger charge is -2.27. The number of hydrogen-bond acceptors (Lipinski definition) is 5. The van der Waals surface area contributed by atoms with E-state index in [4.69, 9.17) is 21.1 Å². The number of nitrogens with one attached hydrogen (secondary N) is 1. The number of ether oxygens (including phenoxy) is 2. The molecule has 1 aromatic heterocycles. The first-order chi connectivity index (χ1) is 18.2. The molecule has 7 nitrogen and oxygen atoms in total. The predicted octanol–water partition coefficient (Wildman–Crippen LogP) is 6.16. The topological polar surface area (TPSA) is 71.1 Å². The Morgan fingerprint density at radius 3 is 2.47 bits per heavy atom. The zero-order valence-electron chi connectivity index (χ0n) is 21.6. The van der Waals surface area contributed by atoms with Crippen molar-refractivity contribution in [1.82, 2.24) is 9.80 Å². The van der Waals surface area contributed by atoms with Crippen molar-refractivity contribution >= 4 is 40.6 Å². The van der Waals surface area contributed by atoms with Crippen LogP contribution >= 0.6 is 22.9 Å². The third-order valence-electron chi connectivity index (χ3n) is 5.75. The maximum absolute atomic E-state index is 13.5. The van der Waals surface area contributed by atoms with E-state index >= 15 is 0 Å². The second-order valence-electron chi connectivity index (χ2n) is 8.50. The van der Waals surface area contributed by atoms with E-state index in [1.54, 1.807) is 36.5 Å². The van der Waals surface area contributed by atoms with Gasteiger partial charge in [-0.1, -0.05) is 23.7 Å². The third-order valence-corrected chi connectivity index (χ3v) is 7.02. The number of benzene rings is 2. The van der Waals surface area contributed by atoms with Gasteiger partial charge in [0.05, 0.1) is 25.8 Å². The molecule has 0 bridgehead atoms. The fourth-order valence-corrected chi connectivity index (χ4v) is 4.85. The largest absolute Gasteiger partial charge is 0.493 e. The number of hydrogen-bond donors (Lipinski definition) is 1. The summed E-state index contributed by atoms with van der Waals surface area (Å²) in [6.07, 6.45) is 2.12. The summed E-state index contributed by atoms with van der Waals surface area (Å²) in [7, 11) is 3.16.